The molecule has 0 bridgehead atoms. The van der Waals surface area contributed by atoms with Crippen molar-refractivity contribution in [2.24, 2.45) is 5.73 Å². The quantitative estimate of drug-likeness (QED) is 0.550. The molecule has 3 N–H and O–H groups in total. The van der Waals surface area contributed by atoms with Crippen molar-refractivity contribution in [3.8, 4) is 11.3 Å². The number of urea groups is 1. The number of nitrogens with two attached hydrogens (primary N) is 1. The van der Waals surface area contributed by atoms with Crippen LogP contribution in [0.3, 0.4) is 0 Å². The molecule has 1 fully saturated rings. The van der Waals surface area contributed by atoms with Crippen molar-refractivity contribution in [1.29, 1.82) is 0 Å². The van der Waals surface area contributed by atoms with Gasteiger partial charge in [0.1, 0.15) is 18.1 Å². The highest BCUT2D eigenvalue weighted by atomic mass is 19.1. The molecule has 32 heavy (non-hydrogen) atoms. The Balaban J connectivity index is 1.87. The monoisotopic (exact) mass is 445 g/mol. The molecule has 3 aromatic heterocycles. The van der Waals surface area contributed by atoms with Gasteiger partial charge in [0.15, 0.2) is 0 Å². The van der Waals surface area contributed by atoms with Gasteiger partial charge >= 0.3 is 6.03 Å². The maximum atomic E-state index is 13.8. The van der Waals surface area contributed by atoms with E-state index in [-0.39, 0.29) is 12.2 Å². The second-order valence-corrected chi connectivity index (χ2v) is 7.72. The molecule has 1 aliphatic rings. The Bertz CT molecular complexity index is 1110. The zero-order valence-electron chi connectivity index (χ0n) is 17.7. The lowest BCUT2D eigenvalue weighted by molar-refractivity contribution is -0.0245. The van der Waals surface area contributed by atoms with Crippen molar-refractivity contribution < 1.29 is 23.0 Å². The van der Waals surface area contributed by atoms with E-state index in [0.717, 1.165) is 5.69 Å². The third-order valence-corrected chi connectivity index (χ3v) is 5.85. The van der Waals surface area contributed by atoms with Gasteiger partial charge in [-0.25, -0.2) is 19.2 Å². The van der Waals surface area contributed by atoms with Crippen molar-refractivity contribution in [2.45, 2.75) is 24.5 Å². The SMILES string of the molecule is CO[C@@]1(c2cccc(-c3cn([C@@H](CF)CCF)c4cnc(NC(N)=O)cc34)n2)CCOC1. The van der Waals surface area contributed by atoms with Crippen LogP contribution in [-0.4, -0.2) is 54.2 Å². The minimum absolute atomic E-state index is 0.0264. The molecule has 1 saturated heterocycles. The lowest BCUT2D eigenvalue weighted by Gasteiger charge is -2.25. The van der Waals surface area contributed by atoms with E-state index in [9.17, 15) is 13.6 Å². The van der Waals surface area contributed by atoms with Crippen molar-refractivity contribution >= 4 is 22.8 Å². The number of amides is 2. The summed E-state index contributed by atoms with van der Waals surface area (Å²) in [6.07, 6.45) is 3.96. The van der Waals surface area contributed by atoms with Gasteiger partial charge in [-0.3, -0.25) is 9.71 Å². The van der Waals surface area contributed by atoms with Crippen LogP contribution in [0.2, 0.25) is 0 Å². The van der Waals surface area contributed by atoms with E-state index in [1.54, 1.807) is 23.9 Å². The fourth-order valence-electron chi connectivity index (χ4n) is 4.12. The summed E-state index contributed by atoms with van der Waals surface area (Å²) in [6.45, 7) is -0.401. The van der Waals surface area contributed by atoms with Crippen LogP contribution in [0.1, 0.15) is 24.6 Å². The minimum atomic E-state index is -0.750. The Morgan fingerprint density at radius 2 is 2.28 bits per heavy atom. The largest absolute Gasteiger partial charge is 0.378 e. The molecule has 4 rings (SSSR count). The van der Waals surface area contributed by atoms with Gasteiger partial charge in [-0.2, -0.15) is 0 Å². The molecule has 0 spiro atoms. The molecule has 0 aromatic carbocycles. The van der Waals surface area contributed by atoms with Crippen LogP contribution in [0.5, 0.6) is 0 Å². The normalized spacial score (nSPS) is 19.3. The zero-order chi connectivity index (χ0) is 22.7. The predicted octanol–water partition coefficient (Wildman–Crippen LogP) is 3.72. The summed E-state index contributed by atoms with van der Waals surface area (Å²) in [5, 5.41) is 3.13. The number of methoxy groups -OCH3 is 1. The number of carbonyl (C=O) groups is 1. The fraction of sp³-hybridized carbons (Fsp3) is 0.409. The van der Waals surface area contributed by atoms with Crippen molar-refractivity contribution in [3.05, 3.63) is 42.4 Å². The summed E-state index contributed by atoms with van der Waals surface area (Å²) >= 11 is 0. The lowest BCUT2D eigenvalue weighted by atomic mass is 9.97. The number of nitrogens with zero attached hydrogens (tertiary/aromatic N) is 3. The molecule has 10 heteroatoms. The van der Waals surface area contributed by atoms with E-state index in [0.29, 0.717) is 41.8 Å². The molecule has 0 unspecified atom stereocenters. The number of primary amides is 1. The average molecular weight is 445 g/mol. The molecule has 0 saturated carbocycles. The zero-order valence-corrected chi connectivity index (χ0v) is 17.7. The highest BCUT2D eigenvalue weighted by Gasteiger charge is 2.38. The van der Waals surface area contributed by atoms with Crippen molar-refractivity contribution in [1.82, 2.24) is 14.5 Å². The first-order chi connectivity index (χ1) is 15.5. The van der Waals surface area contributed by atoms with E-state index in [1.807, 2.05) is 18.2 Å². The number of ether oxygens (including phenoxy) is 2. The number of alkyl halides is 2. The van der Waals surface area contributed by atoms with Gasteiger partial charge in [0.05, 0.1) is 42.4 Å². The number of hydrogen-bond acceptors (Lipinski definition) is 5. The van der Waals surface area contributed by atoms with E-state index >= 15 is 0 Å². The standard InChI is InChI=1S/C22H25F2N5O3/c1-31-22(6-8-32-13-22)19-4-2-3-17(27-19)16-12-29(14(10-24)5-7-23)18-11-26-20(9-15(16)18)28-21(25)30/h2-4,9,11-12,14H,5-8,10,13H2,1H3,(H3,25,26,28,30)/t14-,22+/m1/s1. The number of aromatic nitrogens is 3. The Labute approximate surface area is 183 Å². The van der Waals surface area contributed by atoms with Crippen LogP contribution in [0.15, 0.2) is 36.7 Å². The highest BCUT2D eigenvalue weighted by Crippen LogP contribution is 2.37. The summed E-state index contributed by atoms with van der Waals surface area (Å²) in [6, 6.07) is 5.80. The molecular formula is C22H25F2N5O3. The summed E-state index contributed by atoms with van der Waals surface area (Å²) in [4.78, 5) is 20.3. The Kier molecular flexibility index (Phi) is 6.33. The molecule has 3 aromatic rings. The van der Waals surface area contributed by atoms with Gasteiger partial charge in [0.25, 0.3) is 0 Å². The number of rotatable bonds is 8. The van der Waals surface area contributed by atoms with Crippen molar-refractivity contribution in [3.63, 3.8) is 0 Å². The number of carbonyl (C=O) groups excluding carboxylic acids is 1. The van der Waals surface area contributed by atoms with Crippen LogP contribution >= 0.6 is 0 Å². The second-order valence-electron chi connectivity index (χ2n) is 7.72. The number of halogens is 2. The summed E-state index contributed by atoms with van der Waals surface area (Å²) in [5.41, 5.74) is 7.24. The van der Waals surface area contributed by atoms with Crippen LogP contribution in [0, 0.1) is 0 Å². The number of anilines is 1. The number of hydrogen-bond donors (Lipinski definition) is 2. The van der Waals surface area contributed by atoms with Crippen LogP contribution < -0.4 is 11.1 Å². The van der Waals surface area contributed by atoms with Crippen LogP contribution in [0.4, 0.5) is 19.4 Å². The predicted molar refractivity (Wildman–Crippen MR) is 116 cm³/mol. The molecular weight excluding hydrogens is 420 g/mol. The number of nitrogens with one attached hydrogen (secondary N) is 1. The first-order valence-electron chi connectivity index (χ1n) is 10.3. The minimum Gasteiger partial charge on any atom is -0.378 e. The Morgan fingerprint density at radius 3 is 2.94 bits per heavy atom. The van der Waals surface area contributed by atoms with Gasteiger partial charge in [-0.05, 0) is 24.6 Å². The maximum absolute atomic E-state index is 13.8. The molecule has 0 radical (unpaired) electrons. The van der Waals surface area contributed by atoms with E-state index < -0.39 is 31.0 Å². The molecule has 2 amide bonds. The summed E-state index contributed by atoms with van der Waals surface area (Å²) in [5.74, 6) is 0.250. The number of fused-ring (bicyclic) bond motifs is 1. The molecule has 1 aliphatic heterocycles. The van der Waals surface area contributed by atoms with Gasteiger partial charge in [0.2, 0.25) is 0 Å². The molecule has 2 atom stereocenters. The lowest BCUT2D eigenvalue weighted by Crippen LogP contribution is -2.30. The van der Waals surface area contributed by atoms with Gasteiger partial charge < -0.3 is 19.8 Å². The van der Waals surface area contributed by atoms with Crippen molar-refractivity contribution in [2.75, 3.05) is 39.0 Å². The van der Waals surface area contributed by atoms with E-state index in [1.165, 1.54) is 6.20 Å². The first kappa shape index (κ1) is 22.1. The Morgan fingerprint density at radius 1 is 1.44 bits per heavy atom. The van der Waals surface area contributed by atoms with Crippen LogP contribution in [-0.2, 0) is 15.1 Å². The first-order valence-corrected chi connectivity index (χ1v) is 10.3. The molecule has 0 aliphatic carbocycles. The average Bonchev–Trinajstić information content (AvgIpc) is 3.43. The van der Waals surface area contributed by atoms with Crippen LogP contribution in [0.25, 0.3) is 22.2 Å². The third-order valence-electron chi connectivity index (χ3n) is 5.85. The maximum Gasteiger partial charge on any atom is 0.317 e. The Hall–Kier alpha value is -3.11. The number of pyridine rings is 2. The third kappa shape index (κ3) is 4.03. The smallest absolute Gasteiger partial charge is 0.317 e. The molecule has 8 nitrogen and oxygen atoms in total. The fourth-order valence-corrected chi connectivity index (χ4v) is 4.12. The van der Waals surface area contributed by atoms with Gasteiger partial charge in [-0.1, -0.05) is 6.07 Å². The summed E-state index contributed by atoms with van der Waals surface area (Å²) in [7, 11) is 1.63. The van der Waals surface area contributed by atoms with Gasteiger partial charge in [0, 0.05) is 37.3 Å². The molecule has 170 valence electrons. The second kappa shape index (κ2) is 9.17. The summed E-state index contributed by atoms with van der Waals surface area (Å²) < 4.78 is 39.8. The topological polar surface area (TPSA) is 104 Å². The highest BCUT2D eigenvalue weighted by molar-refractivity contribution is 5.98. The van der Waals surface area contributed by atoms with E-state index in [4.69, 9.17) is 20.2 Å². The molecule has 4 heterocycles. The van der Waals surface area contributed by atoms with Gasteiger partial charge in [-0.15, -0.1) is 0 Å². The van der Waals surface area contributed by atoms with E-state index in [2.05, 4.69) is 10.3 Å².